The van der Waals surface area contributed by atoms with E-state index in [0.717, 1.165) is 11.3 Å². The first-order valence-corrected chi connectivity index (χ1v) is 10.0. The Bertz CT molecular complexity index is 1070. The largest absolute Gasteiger partial charge is 0.497 e. The fourth-order valence-corrected chi connectivity index (χ4v) is 3.55. The quantitative estimate of drug-likeness (QED) is 0.418. The van der Waals surface area contributed by atoms with Crippen LogP contribution in [-0.4, -0.2) is 72.0 Å². The predicted molar refractivity (Wildman–Crippen MR) is 114 cm³/mol. The van der Waals surface area contributed by atoms with Gasteiger partial charge in [0, 0.05) is 12.1 Å². The molecule has 1 fully saturated rings. The third kappa shape index (κ3) is 4.21. The van der Waals surface area contributed by atoms with Crippen LogP contribution in [0.25, 0.3) is 22.3 Å². The number of rotatable bonds is 6. The predicted octanol–water partition coefficient (Wildman–Crippen LogP) is 1.58. The van der Waals surface area contributed by atoms with Gasteiger partial charge in [0.2, 0.25) is 6.29 Å². The van der Waals surface area contributed by atoms with Crippen molar-refractivity contribution in [1.82, 2.24) is 0 Å². The molecule has 9 heteroatoms. The van der Waals surface area contributed by atoms with E-state index in [9.17, 15) is 20.4 Å². The van der Waals surface area contributed by atoms with E-state index >= 15 is 0 Å². The lowest BCUT2D eigenvalue weighted by Crippen LogP contribution is -2.60. The zero-order valence-corrected chi connectivity index (χ0v) is 17.5. The number of methoxy groups -OCH3 is 2. The molecular formula is C23H25O9+. The van der Waals surface area contributed by atoms with Crippen LogP contribution in [0.1, 0.15) is 0 Å². The van der Waals surface area contributed by atoms with Crippen LogP contribution in [-0.2, 0) is 4.74 Å². The molecule has 170 valence electrons. The Balaban J connectivity index is 1.69. The summed E-state index contributed by atoms with van der Waals surface area (Å²) in [6, 6.07) is 14.2. The van der Waals surface area contributed by atoms with Crippen molar-refractivity contribution >= 4 is 11.0 Å². The van der Waals surface area contributed by atoms with E-state index in [-0.39, 0.29) is 5.75 Å². The summed E-state index contributed by atoms with van der Waals surface area (Å²) in [6.07, 6.45) is -6.97. The standard InChI is InChI=1S/C23H25O9/c1-28-13-5-3-12(4-6-13)16-8-7-15-17(30-16)9-14(29-2)10-18(15)31-23-22(27)21(26)20(25)19(11-24)32-23/h3-10,19-27H,11H2,1-2H3/q+1/t19-,20-,21+,22-,23-/m1/s1. The lowest BCUT2D eigenvalue weighted by molar-refractivity contribution is -0.277. The van der Waals surface area contributed by atoms with Gasteiger partial charge in [-0.05, 0) is 30.3 Å². The number of aliphatic hydroxyl groups is 4. The maximum absolute atomic E-state index is 10.3. The fourth-order valence-electron chi connectivity index (χ4n) is 3.55. The van der Waals surface area contributed by atoms with Crippen LogP contribution in [0.5, 0.6) is 17.2 Å². The summed E-state index contributed by atoms with van der Waals surface area (Å²) in [5.74, 6) is 2.04. The fraction of sp³-hybridized carbons (Fsp3) is 0.348. The van der Waals surface area contributed by atoms with E-state index in [1.54, 1.807) is 31.4 Å². The number of aliphatic hydroxyl groups excluding tert-OH is 4. The van der Waals surface area contributed by atoms with Gasteiger partial charge in [-0.2, -0.15) is 0 Å². The van der Waals surface area contributed by atoms with Crippen molar-refractivity contribution in [3.8, 4) is 28.6 Å². The normalized spacial score (nSPS) is 25.5. The number of benzene rings is 2. The van der Waals surface area contributed by atoms with Gasteiger partial charge in [0.15, 0.2) is 0 Å². The number of hydrogen-bond acceptors (Lipinski definition) is 8. The average Bonchev–Trinajstić information content (AvgIpc) is 2.83. The second kappa shape index (κ2) is 9.27. The summed E-state index contributed by atoms with van der Waals surface area (Å²) in [7, 11) is 3.09. The first-order chi connectivity index (χ1) is 15.4. The van der Waals surface area contributed by atoms with Crippen molar-refractivity contribution in [1.29, 1.82) is 0 Å². The molecule has 0 saturated carbocycles. The Morgan fingerprint density at radius 1 is 0.875 bits per heavy atom. The monoisotopic (exact) mass is 445 g/mol. The molecule has 1 aromatic heterocycles. The molecule has 4 N–H and O–H groups in total. The number of ether oxygens (including phenoxy) is 4. The highest BCUT2D eigenvalue weighted by Crippen LogP contribution is 2.36. The first kappa shape index (κ1) is 22.3. The van der Waals surface area contributed by atoms with Crippen LogP contribution in [0.4, 0.5) is 0 Å². The lowest BCUT2D eigenvalue weighted by Gasteiger charge is -2.39. The van der Waals surface area contributed by atoms with Crippen LogP contribution >= 0.6 is 0 Å². The Hall–Kier alpha value is -2.95. The lowest BCUT2D eigenvalue weighted by atomic mass is 9.99. The van der Waals surface area contributed by atoms with Gasteiger partial charge in [0.05, 0.1) is 32.5 Å². The second-order valence-electron chi connectivity index (χ2n) is 7.38. The molecule has 4 rings (SSSR count). The van der Waals surface area contributed by atoms with Crippen molar-refractivity contribution in [2.45, 2.75) is 30.7 Å². The topological polar surface area (TPSA) is 129 Å². The summed E-state index contributed by atoms with van der Waals surface area (Å²) in [6.45, 7) is -0.551. The maximum atomic E-state index is 10.3. The Morgan fingerprint density at radius 2 is 1.59 bits per heavy atom. The minimum absolute atomic E-state index is 0.272. The third-order valence-corrected chi connectivity index (χ3v) is 5.40. The maximum Gasteiger partial charge on any atom is 0.368 e. The molecule has 0 bridgehead atoms. The van der Waals surface area contributed by atoms with Crippen molar-refractivity contribution in [2.75, 3.05) is 20.8 Å². The summed E-state index contributed by atoms with van der Waals surface area (Å²) >= 11 is 0. The van der Waals surface area contributed by atoms with E-state index in [1.807, 2.05) is 24.3 Å². The van der Waals surface area contributed by atoms with Gasteiger partial charge in [-0.25, -0.2) is 4.42 Å². The molecule has 1 aliphatic rings. The summed E-state index contributed by atoms with van der Waals surface area (Å²) in [5.41, 5.74) is 1.30. The molecule has 2 aromatic carbocycles. The smallest absolute Gasteiger partial charge is 0.368 e. The van der Waals surface area contributed by atoms with E-state index in [1.165, 1.54) is 7.11 Å². The number of fused-ring (bicyclic) bond motifs is 1. The van der Waals surface area contributed by atoms with Crippen LogP contribution in [0.15, 0.2) is 52.9 Å². The molecule has 0 radical (unpaired) electrons. The van der Waals surface area contributed by atoms with Crippen LogP contribution < -0.4 is 14.2 Å². The summed E-state index contributed by atoms with van der Waals surface area (Å²) in [5, 5.41) is 40.3. The molecule has 2 heterocycles. The van der Waals surface area contributed by atoms with E-state index in [2.05, 4.69) is 0 Å². The molecule has 3 aromatic rings. The Morgan fingerprint density at radius 3 is 2.25 bits per heavy atom. The van der Waals surface area contributed by atoms with Gasteiger partial charge in [-0.3, -0.25) is 0 Å². The van der Waals surface area contributed by atoms with E-state index in [0.29, 0.717) is 22.5 Å². The van der Waals surface area contributed by atoms with Gasteiger partial charge in [0.25, 0.3) is 0 Å². The zero-order chi connectivity index (χ0) is 22.8. The molecule has 1 saturated heterocycles. The average molecular weight is 445 g/mol. The van der Waals surface area contributed by atoms with Gasteiger partial charge in [0.1, 0.15) is 47.1 Å². The molecule has 32 heavy (non-hydrogen) atoms. The van der Waals surface area contributed by atoms with Crippen molar-refractivity contribution < 1.29 is 43.8 Å². The molecule has 5 atom stereocenters. The minimum atomic E-state index is -1.55. The molecule has 0 amide bonds. The van der Waals surface area contributed by atoms with E-state index < -0.39 is 37.3 Å². The molecule has 0 spiro atoms. The zero-order valence-electron chi connectivity index (χ0n) is 17.5. The van der Waals surface area contributed by atoms with Crippen molar-refractivity contribution in [3.05, 3.63) is 48.5 Å². The Kier molecular flexibility index (Phi) is 6.45. The SMILES string of the molecule is COc1ccc(-c2ccc3c(O[C@@H]4O[C@H](CO)[C@@H](O)[C@H](O)[C@H]4O)cc(OC)cc3[o+]2)cc1. The highest BCUT2D eigenvalue weighted by molar-refractivity contribution is 5.86. The first-order valence-electron chi connectivity index (χ1n) is 10.0. The number of hydrogen-bond donors (Lipinski definition) is 4. The summed E-state index contributed by atoms with van der Waals surface area (Å²) in [4.78, 5) is 0. The third-order valence-electron chi connectivity index (χ3n) is 5.40. The second-order valence-corrected chi connectivity index (χ2v) is 7.38. The Labute approximate surface area is 184 Å². The van der Waals surface area contributed by atoms with Crippen molar-refractivity contribution in [2.24, 2.45) is 0 Å². The molecule has 9 nitrogen and oxygen atoms in total. The van der Waals surface area contributed by atoms with Crippen LogP contribution in [0.3, 0.4) is 0 Å². The van der Waals surface area contributed by atoms with Gasteiger partial charge < -0.3 is 39.4 Å². The van der Waals surface area contributed by atoms with E-state index in [4.69, 9.17) is 23.4 Å². The summed E-state index contributed by atoms with van der Waals surface area (Å²) < 4.78 is 27.9. The molecular weight excluding hydrogens is 420 g/mol. The molecule has 0 aliphatic carbocycles. The highest BCUT2D eigenvalue weighted by Gasteiger charge is 2.45. The van der Waals surface area contributed by atoms with Gasteiger partial charge in [-0.15, -0.1) is 0 Å². The van der Waals surface area contributed by atoms with Gasteiger partial charge in [-0.1, -0.05) is 0 Å². The molecule has 1 aliphatic heterocycles. The van der Waals surface area contributed by atoms with Gasteiger partial charge >= 0.3 is 11.3 Å². The molecule has 0 unspecified atom stereocenters. The van der Waals surface area contributed by atoms with Crippen molar-refractivity contribution in [3.63, 3.8) is 0 Å². The highest BCUT2D eigenvalue weighted by atomic mass is 16.7. The van der Waals surface area contributed by atoms with Crippen LogP contribution in [0, 0.1) is 0 Å². The van der Waals surface area contributed by atoms with Crippen LogP contribution in [0.2, 0.25) is 0 Å². The minimum Gasteiger partial charge on any atom is -0.497 e.